The molecule has 1 aromatic heterocycles. The molecule has 2 aromatic rings. The zero-order valence-electron chi connectivity index (χ0n) is 11.4. The molecule has 0 amide bonds. The minimum atomic E-state index is -3.63. The van der Waals surface area contributed by atoms with E-state index in [2.05, 4.69) is 14.7 Å². The molecule has 0 saturated carbocycles. The second-order valence-corrected chi connectivity index (χ2v) is 6.35. The molecule has 2 rings (SSSR count). The summed E-state index contributed by atoms with van der Waals surface area (Å²) in [5, 5.41) is 0. The molecule has 1 unspecified atom stereocenters. The molecule has 0 bridgehead atoms. The number of H-pyrrole nitrogens is 1. The van der Waals surface area contributed by atoms with E-state index < -0.39 is 16.1 Å². The lowest BCUT2D eigenvalue weighted by molar-refractivity contribution is 0.539. The number of nitrogens with two attached hydrogens (primary N) is 1. The van der Waals surface area contributed by atoms with E-state index in [1.54, 1.807) is 31.5 Å². The maximum Gasteiger partial charge on any atom is 0.241 e. The van der Waals surface area contributed by atoms with Gasteiger partial charge in [-0.3, -0.25) is 0 Å². The molecule has 0 spiro atoms. The molecule has 7 heteroatoms. The van der Waals surface area contributed by atoms with Crippen molar-refractivity contribution in [1.82, 2.24) is 14.7 Å². The normalized spacial score (nSPS) is 13.3. The van der Waals surface area contributed by atoms with Gasteiger partial charge in [-0.25, -0.2) is 18.1 Å². The van der Waals surface area contributed by atoms with Gasteiger partial charge in [0, 0.05) is 18.1 Å². The van der Waals surface area contributed by atoms with Crippen molar-refractivity contribution in [3.05, 3.63) is 42.0 Å². The van der Waals surface area contributed by atoms with Crippen molar-refractivity contribution >= 4 is 15.7 Å². The van der Waals surface area contributed by atoms with Crippen LogP contribution in [-0.2, 0) is 10.0 Å². The smallest absolute Gasteiger partial charge is 0.241 e. The number of aromatic nitrogens is 2. The Morgan fingerprint density at radius 3 is 2.70 bits per heavy atom. The first-order chi connectivity index (χ1) is 9.42. The monoisotopic (exact) mass is 294 g/mol. The van der Waals surface area contributed by atoms with Crippen LogP contribution in [-0.4, -0.2) is 18.4 Å². The summed E-state index contributed by atoms with van der Waals surface area (Å²) in [5.74, 6) is 0.594. The fraction of sp³-hybridized carbons (Fsp3) is 0.308. The Bertz CT molecular complexity index is 660. The number of hydrogen-bond donors (Lipinski definition) is 3. The number of sulfonamides is 1. The molecule has 0 radical (unpaired) electrons. The number of nitrogens with one attached hydrogen (secondary N) is 2. The Balaban J connectivity index is 2.30. The van der Waals surface area contributed by atoms with E-state index in [0.717, 1.165) is 5.56 Å². The van der Waals surface area contributed by atoms with Crippen LogP contribution in [0.15, 0.2) is 35.5 Å². The highest BCUT2D eigenvalue weighted by molar-refractivity contribution is 7.89. The number of hydrogen-bond acceptors (Lipinski definition) is 4. The molecule has 4 N–H and O–H groups in total. The fourth-order valence-electron chi connectivity index (χ4n) is 1.99. The van der Waals surface area contributed by atoms with Gasteiger partial charge in [-0.2, -0.15) is 0 Å². The standard InChI is InChI=1S/C13H18N4O2S/c1-3-12(13-15-4-5-16-13)17-20(18,19)11-7-9(2)6-10(14)8-11/h4-8,12,17H,3,14H2,1-2H3,(H,15,16). The van der Waals surface area contributed by atoms with Gasteiger partial charge >= 0.3 is 0 Å². The molecule has 0 aliphatic rings. The van der Waals surface area contributed by atoms with Gasteiger partial charge in [-0.15, -0.1) is 0 Å². The lowest BCUT2D eigenvalue weighted by Crippen LogP contribution is -2.29. The number of nitrogens with zero attached hydrogens (tertiary/aromatic N) is 1. The summed E-state index contributed by atoms with van der Waals surface area (Å²) >= 11 is 0. The Hall–Kier alpha value is -1.86. The molecule has 0 aliphatic carbocycles. The summed E-state index contributed by atoms with van der Waals surface area (Å²) < 4.78 is 27.4. The highest BCUT2D eigenvalue weighted by atomic mass is 32.2. The van der Waals surface area contributed by atoms with Crippen LogP contribution in [0.1, 0.15) is 30.8 Å². The van der Waals surface area contributed by atoms with Gasteiger partial charge in [0.25, 0.3) is 0 Å². The maximum atomic E-state index is 12.4. The lowest BCUT2D eigenvalue weighted by Gasteiger charge is -2.15. The van der Waals surface area contributed by atoms with E-state index in [9.17, 15) is 8.42 Å². The van der Waals surface area contributed by atoms with Crippen molar-refractivity contribution in [3.63, 3.8) is 0 Å². The quantitative estimate of drug-likeness (QED) is 0.731. The molecule has 1 aromatic carbocycles. The Morgan fingerprint density at radius 2 is 2.15 bits per heavy atom. The molecule has 0 saturated heterocycles. The van der Waals surface area contributed by atoms with Crippen molar-refractivity contribution < 1.29 is 8.42 Å². The second kappa shape index (κ2) is 5.64. The van der Waals surface area contributed by atoms with Crippen molar-refractivity contribution in [2.24, 2.45) is 0 Å². The van der Waals surface area contributed by atoms with E-state index in [1.807, 2.05) is 6.92 Å². The average Bonchev–Trinajstić information content (AvgIpc) is 2.88. The van der Waals surface area contributed by atoms with Crippen molar-refractivity contribution in [2.45, 2.75) is 31.2 Å². The zero-order chi connectivity index (χ0) is 14.8. The van der Waals surface area contributed by atoms with Crippen LogP contribution >= 0.6 is 0 Å². The van der Waals surface area contributed by atoms with Crippen LogP contribution in [0.5, 0.6) is 0 Å². The topological polar surface area (TPSA) is 101 Å². The highest BCUT2D eigenvalue weighted by Crippen LogP contribution is 2.20. The number of rotatable bonds is 5. The molecular weight excluding hydrogens is 276 g/mol. The third-order valence-electron chi connectivity index (χ3n) is 2.94. The van der Waals surface area contributed by atoms with Gasteiger partial charge in [-0.05, 0) is 37.1 Å². The Kier molecular flexibility index (Phi) is 4.10. The van der Waals surface area contributed by atoms with Crippen LogP contribution in [0.2, 0.25) is 0 Å². The molecule has 6 nitrogen and oxygen atoms in total. The molecule has 0 aliphatic heterocycles. The van der Waals surface area contributed by atoms with E-state index in [4.69, 9.17) is 5.73 Å². The van der Waals surface area contributed by atoms with E-state index in [0.29, 0.717) is 17.9 Å². The first-order valence-electron chi connectivity index (χ1n) is 6.31. The van der Waals surface area contributed by atoms with Crippen molar-refractivity contribution in [1.29, 1.82) is 0 Å². The Morgan fingerprint density at radius 1 is 1.40 bits per heavy atom. The molecule has 1 atom stereocenters. The summed E-state index contributed by atoms with van der Waals surface area (Å²) in [6, 6.07) is 4.37. The van der Waals surface area contributed by atoms with Gasteiger partial charge in [0.05, 0.1) is 10.9 Å². The van der Waals surface area contributed by atoms with E-state index in [-0.39, 0.29) is 4.90 Å². The van der Waals surface area contributed by atoms with Gasteiger partial charge < -0.3 is 10.7 Å². The molecular formula is C13H18N4O2S. The van der Waals surface area contributed by atoms with Crippen LogP contribution in [0, 0.1) is 6.92 Å². The fourth-order valence-corrected chi connectivity index (χ4v) is 3.41. The van der Waals surface area contributed by atoms with Crippen molar-refractivity contribution in [2.75, 3.05) is 5.73 Å². The number of anilines is 1. The SMILES string of the molecule is CCC(NS(=O)(=O)c1cc(C)cc(N)c1)c1ncc[nH]1. The third kappa shape index (κ3) is 3.17. The van der Waals surface area contributed by atoms with Crippen LogP contribution in [0.4, 0.5) is 5.69 Å². The summed E-state index contributed by atoms with van der Waals surface area (Å²) in [4.78, 5) is 7.18. The largest absolute Gasteiger partial charge is 0.399 e. The van der Waals surface area contributed by atoms with Crippen LogP contribution in [0.3, 0.4) is 0 Å². The Labute approximate surface area is 118 Å². The molecule has 1 heterocycles. The zero-order valence-corrected chi connectivity index (χ0v) is 12.2. The van der Waals surface area contributed by atoms with Gasteiger partial charge in [0.2, 0.25) is 10.0 Å². The average molecular weight is 294 g/mol. The first-order valence-corrected chi connectivity index (χ1v) is 7.79. The molecule has 20 heavy (non-hydrogen) atoms. The number of aryl methyl sites for hydroxylation is 1. The number of aromatic amines is 1. The summed E-state index contributed by atoms with van der Waals surface area (Å²) in [6.07, 6.45) is 3.85. The summed E-state index contributed by atoms with van der Waals surface area (Å²) in [6.45, 7) is 3.69. The third-order valence-corrected chi connectivity index (χ3v) is 4.39. The van der Waals surface area contributed by atoms with Gasteiger partial charge in [0.1, 0.15) is 5.82 Å². The van der Waals surface area contributed by atoms with Crippen molar-refractivity contribution in [3.8, 4) is 0 Å². The minimum absolute atomic E-state index is 0.167. The predicted octanol–water partition coefficient (Wildman–Crippen LogP) is 1.73. The maximum absolute atomic E-state index is 12.4. The number of nitrogen functional groups attached to an aromatic ring is 1. The summed E-state index contributed by atoms with van der Waals surface area (Å²) in [7, 11) is -3.63. The number of imidazole rings is 1. The van der Waals surface area contributed by atoms with Crippen LogP contribution < -0.4 is 10.5 Å². The number of benzene rings is 1. The van der Waals surface area contributed by atoms with Crippen LogP contribution in [0.25, 0.3) is 0 Å². The van der Waals surface area contributed by atoms with E-state index >= 15 is 0 Å². The lowest BCUT2D eigenvalue weighted by atomic mass is 10.2. The predicted molar refractivity (Wildman–Crippen MR) is 77.5 cm³/mol. The summed E-state index contributed by atoms with van der Waals surface area (Å²) in [5.41, 5.74) is 6.93. The van der Waals surface area contributed by atoms with E-state index in [1.165, 1.54) is 6.07 Å². The van der Waals surface area contributed by atoms with Gasteiger partial charge in [-0.1, -0.05) is 6.92 Å². The molecule has 108 valence electrons. The minimum Gasteiger partial charge on any atom is -0.399 e. The molecule has 0 fully saturated rings. The second-order valence-electron chi connectivity index (χ2n) is 4.64. The first kappa shape index (κ1) is 14.5. The van der Waals surface area contributed by atoms with Gasteiger partial charge in [0.15, 0.2) is 0 Å². The highest BCUT2D eigenvalue weighted by Gasteiger charge is 2.22.